The quantitative estimate of drug-likeness (QED) is 0.0222. The second-order valence-corrected chi connectivity index (χ2v) is 33.3. The molecule has 0 heterocycles. The highest BCUT2D eigenvalue weighted by Gasteiger charge is 2.30. The van der Waals surface area contributed by atoms with E-state index >= 15 is 0 Å². The van der Waals surface area contributed by atoms with Gasteiger partial charge in [0.05, 0.1) is 26.4 Å². The van der Waals surface area contributed by atoms with Crippen LogP contribution in [0.25, 0.3) is 0 Å². The molecule has 0 radical (unpaired) electrons. The molecule has 0 rings (SSSR count). The molecule has 0 aromatic heterocycles. The van der Waals surface area contributed by atoms with Crippen molar-refractivity contribution in [1.82, 2.24) is 0 Å². The van der Waals surface area contributed by atoms with E-state index in [1.807, 2.05) is 0 Å². The highest BCUT2D eigenvalue weighted by atomic mass is 31.2. The van der Waals surface area contributed by atoms with Crippen molar-refractivity contribution in [3.05, 3.63) is 0 Å². The van der Waals surface area contributed by atoms with Crippen molar-refractivity contribution in [2.24, 2.45) is 5.92 Å². The van der Waals surface area contributed by atoms with Gasteiger partial charge in [0.1, 0.15) is 19.3 Å². The van der Waals surface area contributed by atoms with Gasteiger partial charge in [0, 0.05) is 25.7 Å². The van der Waals surface area contributed by atoms with Crippen LogP contribution in [0.4, 0.5) is 0 Å². The van der Waals surface area contributed by atoms with E-state index in [0.717, 1.165) is 96.3 Å². The summed E-state index contributed by atoms with van der Waals surface area (Å²) in [7, 11) is -9.92. The zero-order valence-corrected chi connectivity index (χ0v) is 68.5. The van der Waals surface area contributed by atoms with Gasteiger partial charge >= 0.3 is 39.5 Å². The first-order chi connectivity index (χ1) is 49.5. The molecule has 17 nitrogen and oxygen atoms in total. The number of phosphoric acid groups is 2. The molecule has 0 spiro atoms. The van der Waals surface area contributed by atoms with E-state index in [4.69, 9.17) is 37.0 Å². The first-order valence-corrected chi connectivity index (χ1v) is 46.1. The lowest BCUT2D eigenvalue weighted by atomic mass is 10.0. The van der Waals surface area contributed by atoms with E-state index in [9.17, 15) is 43.2 Å². The van der Waals surface area contributed by atoms with Gasteiger partial charge in [-0.2, -0.15) is 0 Å². The van der Waals surface area contributed by atoms with Crippen LogP contribution in [0.1, 0.15) is 446 Å². The molecule has 102 heavy (non-hydrogen) atoms. The molecule has 0 aliphatic carbocycles. The standard InChI is InChI=1S/C83H162O17P2/c1-6-9-12-15-18-21-24-27-30-32-34-35-36-38-40-43-46-49-52-59-64-69-82(87)99-78(72-93-80(85)66-61-56-50-47-44-42-39-37-33-31-28-25-22-19-16-13-10-7-2)74-97-101(89,90)95-70-77(84)71-96-102(91,92)98-75-79(73-94-81(86)67-62-57-54-53-55-60-65-76(4)5)100-83(88)68-63-58-51-48-45-41-29-26-23-20-17-14-11-8-3/h76-79,84H,6-75H2,1-5H3,(H,89,90)(H,91,92)/t77-,78-,79-/m1/s1. The number of hydrogen-bond acceptors (Lipinski definition) is 15. The smallest absolute Gasteiger partial charge is 0.462 e. The average molecular weight is 1490 g/mol. The monoisotopic (exact) mass is 1490 g/mol. The zero-order chi connectivity index (χ0) is 74.8. The van der Waals surface area contributed by atoms with Crippen molar-refractivity contribution in [2.75, 3.05) is 39.6 Å². The zero-order valence-electron chi connectivity index (χ0n) is 66.8. The average Bonchev–Trinajstić information content (AvgIpc) is 0.911. The van der Waals surface area contributed by atoms with Gasteiger partial charge < -0.3 is 33.8 Å². The number of carbonyl (C=O) groups excluding carboxylic acids is 4. The predicted molar refractivity (Wildman–Crippen MR) is 418 cm³/mol. The third-order valence-electron chi connectivity index (χ3n) is 19.5. The van der Waals surface area contributed by atoms with Crippen molar-refractivity contribution >= 4 is 39.5 Å². The summed E-state index contributed by atoms with van der Waals surface area (Å²) in [6, 6.07) is 0. The topological polar surface area (TPSA) is 237 Å². The van der Waals surface area contributed by atoms with Crippen molar-refractivity contribution in [3.8, 4) is 0 Å². The fourth-order valence-electron chi connectivity index (χ4n) is 12.9. The largest absolute Gasteiger partial charge is 0.472 e. The van der Waals surface area contributed by atoms with Gasteiger partial charge in [0.15, 0.2) is 12.2 Å². The van der Waals surface area contributed by atoms with Crippen LogP contribution in [-0.2, 0) is 65.4 Å². The first kappa shape index (κ1) is 100. The van der Waals surface area contributed by atoms with Gasteiger partial charge in [-0.1, -0.05) is 394 Å². The Kier molecular flexibility index (Phi) is 74.4. The molecular weight excluding hydrogens is 1330 g/mol. The molecule has 0 aliphatic rings. The van der Waals surface area contributed by atoms with Crippen LogP contribution in [0.5, 0.6) is 0 Å². The molecule has 0 aromatic rings. The number of phosphoric ester groups is 2. The number of ether oxygens (including phenoxy) is 4. The molecule has 0 aliphatic heterocycles. The number of rotatable bonds is 83. The van der Waals surface area contributed by atoms with Crippen molar-refractivity contribution in [1.29, 1.82) is 0 Å². The predicted octanol–water partition coefficient (Wildman–Crippen LogP) is 25.2. The van der Waals surface area contributed by atoms with Gasteiger partial charge in [0.2, 0.25) is 0 Å². The minimum Gasteiger partial charge on any atom is -0.462 e. The number of aliphatic hydroxyl groups excluding tert-OH is 1. The van der Waals surface area contributed by atoms with Crippen molar-refractivity contribution < 1.29 is 80.2 Å². The Hall–Kier alpha value is -1.94. The molecule has 0 aromatic carbocycles. The highest BCUT2D eigenvalue weighted by Crippen LogP contribution is 2.45. The Balaban J connectivity index is 5.20. The van der Waals surface area contributed by atoms with Gasteiger partial charge in [0.25, 0.3) is 0 Å². The minimum absolute atomic E-state index is 0.107. The number of hydrogen-bond donors (Lipinski definition) is 3. The highest BCUT2D eigenvalue weighted by molar-refractivity contribution is 7.47. The van der Waals surface area contributed by atoms with Gasteiger partial charge in [-0.25, -0.2) is 9.13 Å². The van der Waals surface area contributed by atoms with E-state index < -0.39 is 97.5 Å². The van der Waals surface area contributed by atoms with Crippen molar-refractivity contribution in [2.45, 2.75) is 464 Å². The summed E-state index contributed by atoms with van der Waals surface area (Å²) in [5.74, 6) is -1.43. The van der Waals surface area contributed by atoms with E-state index in [-0.39, 0.29) is 25.7 Å². The maximum atomic E-state index is 13.1. The van der Waals surface area contributed by atoms with E-state index in [0.29, 0.717) is 31.6 Å². The normalized spacial score (nSPS) is 13.8. The van der Waals surface area contributed by atoms with Crippen LogP contribution in [0.2, 0.25) is 0 Å². The number of esters is 4. The Morgan fingerprint density at radius 3 is 0.667 bits per heavy atom. The van der Waals surface area contributed by atoms with E-state index in [1.54, 1.807) is 0 Å². The van der Waals surface area contributed by atoms with Gasteiger partial charge in [-0.05, 0) is 31.6 Å². The van der Waals surface area contributed by atoms with Crippen LogP contribution >= 0.6 is 15.6 Å². The Bertz CT molecular complexity index is 1940. The Labute approximate surface area is 626 Å². The van der Waals surface area contributed by atoms with Gasteiger partial charge in [-0.15, -0.1) is 0 Å². The summed E-state index contributed by atoms with van der Waals surface area (Å²) >= 11 is 0. The molecule has 0 bridgehead atoms. The Morgan fingerprint density at radius 2 is 0.451 bits per heavy atom. The molecule has 606 valence electrons. The summed E-state index contributed by atoms with van der Waals surface area (Å²) < 4.78 is 68.7. The molecule has 19 heteroatoms. The Morgan fingerprint density at radius 1 is 0.265 bits per heavy atom. The molecule has 0 fully saturated rings. The fraction of sp³-hybridized carbons (Fsp3) is 0.952. The lowest BCUT2D eigenvalue weighted by molar-refractivity contribution is -0.161. The lowest BCUT2D eigenvalue weighted by Crippen LogP contribution is -2.30. The second-order valence-electron chi connectivity index (χ2n) is 30.3. The molecule has 5 atom stereocenters. The molecule has 3 N–H and O–H groups in total. The number of unbranched alkanes of at least 4 members (excludes halogenated alkanes) is 55. The summed E-state index contributed by atoms with van der Waals surface area (Å²) in [6.45, 7) is 7.26. The van der Waals surface area contributed by atoms with Crippen LogP contribution in [0, 0.1) is 5.92 Å². The van der Waals surface area contributed by atoms with Crippen LogP contribution in [-0.4, -0.2) is 96.7 Å². The van der Waals surface area contributed by atoms with Crippen LogP contribution in [0.3, 0.4) is 0 Å². The molecule has 0 saturated carbocycles. The fourth-order valence-corrected chi connectivity index (χ4v) is 14.5. The van der Waals surface area contributed by atoms with E-state index in [1.165, 1.54) is 263 Å². The second kappa shape index (κ2) is 75.9. The SMILES string of the molecule is CCCCCCCCCCCCCCCCCCCCCCCC(=O)O[C@H](COC(=O)CCCCCCCCCCCCCCCCCCCC)COP(=O)(O)OC[C@@H](O)COP(=O)(O)OC[C@@H](COC(=O)CCCCCCCCC(C)C)OC(=O)CCCCCCCCCCCCCCCC. The minimum atomic E-state index is -4.96. The van der Waals surface area contributed by atoms with E-state index in [2.05, 4.69) is 34.6 Å². The number of carbonyl (C=O) groups is 4. The summed E-state index contributed by atoms with van der Waals surface area (Å²) in [4.78, 5) is 73.0. The third-order valence-corrected chi connectivity index (χ3v) is 21.4. The lowest BCUT2D eigenvalue weighted by Gasteiger charge is -2.21. The van der Waals surface area contributed by atoms with Crippen molar-refractivity contribution in [3.63, 3.8) is 0 Å². The molecular formula is C83H162O17P2. The molecule has 0 saturated heterocycles. The summed E-state index contributed by atoms with van der Waals surface area (Å²) in [5, 5.41) is 10.6. The molecule has 0 amide bonds. The van der Waals surface area contributed by atoms with Gasteiger partial charge in [-0.3, -0.25) is 37.3 Å². The maximum Gasteiger partial charge on any atom is 0.472 e. The third kappa shape index (κ3) is 76.3. The first-order valence-electron chi connectivity index (χ1n) is 43.1. The summed E-state index contributed by atoms with van der Waals surface area (Å²) in [5.41, 5.74) is 0. The number of aliphatic hydroxyl groups is 1. The van der Waals surface area contributed by atoms with Crippen LogP contribution < -0.4 is 0 Å². The molecule has 2 unspecified atom stereocenters. The maximum absolute atomic E-state index is 13.1. The summed E-state index contributed by atoms with van der Waals surface area (Å²) in [6.07, 6.45) is 68.3. The van der Waals surface area contributed by atoms with Crippen LogP contribution in [0.15, 0.2) is 0 Å².